The number of hydrogen-bond donors (Lipinski definition) is 2. The van der Waals surface area contributed by atoms with Crippen LogP contribution in [0.15, 0.2) is 46.6 Å². The fourth-order valence-corrected chi connectivity index (χ4v) is 1.98. The van der Waals surface area contributed by atoms with Crippen LogP contribution in [0.2, 0.25) is 0 Å². The molecule has 104 valence electrons. The summed E-state index contributed by atoms with van der Waals surface area (Å²) in [6.45, 7) is 2.36. The van der Waals surface area contributed by atoms with E-state index >= 15 is 0 Å². The second-order valence-electron chi connectivity index (χ2n) is 4.44. The van der Waals surface area contributed by atoms with Gasteiger partial charge in [0.15, 0.2) is 5.84 Å². The fourth-order valence-electron chi connectivity index (χ4n) is 1.98. The largest absolute Gasteiger partial charge is 0.409 e. The fraction of sp³-hybridized carbons (Fsp3) is 0.214. The molecule has 2 aromatic heterocycles. The summed E-state index contributed by atoms with van der Waals surface area (Å²) >= 11 is 0. The Labute approximate surface area is 116 Å². The van der Waals surface area contributed by atoms with Gasteiger partial charge in [-0.05, 0) is 37.1 Å². The Morgan fingerprint density at radius 1 is 1.45 bits per heavy atom. The molecule has 6 heteroatoms. The lowest BCUT2D eigenvalue weighted by atomic mass is 10.2. The highest BCUT2D eigenvalue weighted by atomic mass is 16.4. The van der Waals surface area contributed by atoms with E-state index in [2.05, 4.69) is 10.1 Å². The van der Waals surface area contributed by atoms with Crippen LogP contribution >= 0.6 is 0 Å². The zero-order valence-corrected chi connectivity index (χ0v) is 11.2. The van der Waals surface area contributed by atoms with Crippen LogP contribution in [-0.2, 0) is 13.0 Å². The first-order valence-electron chi connectivity index (χ1n) is 6.20. The van der Waals surface area contributed by atoms with Gasteiger partial charge < -0.3 is 15.5 Å². The van der Waals surface area contributed by atoms with Gasteiger partial charge in [-0.25, -0.2) is 0 Å². The number of nitrogens with zero attached hydrogens (tertiary/aromatic N) is 3. The number of amidine groups is 1. The smallest absolute Gasteiger partial charge is 0.261 e. The molecule has 2 aromatic rings. The lowest BCUT2D eigenvalue weighted by molar-refractivity contribution is 0.318. The number of rotatable bonds is 4. The minimum Gasteiger partial charge on any atom is -0.409 e. The van der Waals surface area contributed by atoms with E-state index in [4.69, 9.17) is 10.9 Å². The van der Waals surface area contributed by atoms with Crippen molar-refractivity contribution in [3.05, 3.63) is 63.8 Å². The molecule has 6 nitrogen and oxygen atoms in total. The van der Waals surface area contributed by atoms with Crippen LogP contribution in [0.1, 0.15) is 16.8 Å². The summed E-state index contributed by atoms with van der Waals surface area (Å²) in [6.07, 6.45) is 4.17. The van der Waals surface area contributed by atoms with Crippen molar-refractivity contribution in [3.63, 3.8) is 0 Å². The molecule has 0 radical (unpaired) electrons. The number of aromatic nitrogens is 2. The van der Waals surface area contributed by atoms with Crippen LogP contribution in [0.3, 0.4) is 0 Å². The lowest BCUT2D eigenvalue weighted by Gasteiger charge is -2.11. The summed E-state index contributed by atoms with van der Waals surface area (Å²) in [7, 11) is 0. The van der Waals surface area contributed by atoms with Gasteiger partial charge in [-0.2, -0.15) is 0 Å². The molecule has 0 bridgehead atoms. The minimum absolute atomic E-state index is 0.176. The quantitative estimate of drug-likeness (QED) is 0.374. The van der Waals surface area contributed by atoms with Gasteiger partial charge in [0.25, 0.3) is 5.56 Å². The average Bonchev–Trinajstić information content (AvgIpc) is 2.47. The van der Waals surface area contributed by atoms with E-state index in [1.807, 2.05) is 19.1 Å². The van der Waals surface area contributed by atoms with E-state index in [9.17, 15) is 4.79 Å². The zero-order valence-electron chi connectivity index (χ0n) is 11.2. The summed E-state index contributed by atoms with van der Waals surface area (Å²) in [5.74, 6) is -0.176. The first-order chi connectivity index (χ1) is 9.63. The molecular weight excluding hydrogens is 256 g/mol. The Morgan fingerprint density at radius 3 is 2.90 bits per heavy atom. The Morgan fingerprint density at radius 2 is 2.25 bits per heavy atom. The molecule has 0 amide bonds. The Hall–Kier alpha value is -2.63. The SMILES string of the molecule is Cc1ccc(/C(N)=N/O)c(=O)n1CCc1cccnc1. The van der Waals surface area contributed by atoms with Crippen molar-refractivity contribution >= 4 is 5.84 Å². The van der Waals surface area contributed by atoms with Gasteiger partial charge in [0.2, 0.25) is 0 Å². The van der Waals surface area contributed by atoms with Crippen molar-refractivity contribution in [2.24, 2.45) is 10.9 Å². The molecule has 2 rings (SSSR count). The lowest BCUT2D eigenvalue weighted by Crippen LogP contribution is -2.31. The van der Waals surface area contributed by atoms with Gasteiger partial charge in [0, 0.05) is 24.6 Å². The summed E-state index contributed by atoms with van der Waals surface area (Å²) in [5, 5.41) is 11.6. The predicted octanol–water partition coefficient (Wildman–Crippen LogP) is 0.889. The Bertz CT molecular complexity index is 677. The van der Waals surface area contributed by atoms with E-state index < -0.39 is 0 Å². The van der Waals surface area contributed by atoms with Crippen molar-refractivity contribution in [1.82, 2.24) is 9.55 Å². The third-order valence-corrected chi connectivity index (χ3v) is 3.12. The molecule has 0 unspecified atom stereocenters. The number of hydrogen-bond acceptors (Lipinski definition) is 4. The van der Waals surface area contributed by atoms with Crippen LogP contribution in [0.4, 0.5) is 0 Å². The highest BCUT2D eigenvalue weighted by Crippen LogP contribution is 2.03. The molecule has 0 aromatic carbocycles. The Balaban J connectivity index is 2.30. The van der Waals surface area contributed by atoms with E-state index in [-0.39, 0.29) is 17.0 Å². The second-order valence-corrected chi connectivity index (χ2v) is 4.44. The molecule has 0 atom stereocenters. The van der Waals surface area contributed by atoms with Crippen LogP contribution in [0, 0.1) is 6.92 Å². The van der Waals surface area contributed by atoms with Gasteiger partial charge in [-0.1, -0.05) is 11.2 Å². The van der Waals surface area contributed by atoms with Crippen molar-refractivity contribution in [2.45, 2.75) is 19.9 Å². The number of oxime groups is 1. The topological polar surface area (TPSA) is 93.5 Å². The monoisotopic (exact) mass is 272 g/mol. The van der Waals surface area contributed by atoms with Gasteiger partial charge in [-0.15, -0.1) is 0 Å². The van der Waals surface area contributed by atoms with Gasteiger partial charge in [-0.3, -0.25) is 9.78 Å². The maximum atomic E-state index is 12.3. The molecule has 2 heterocycles. The summed E-state index contributed by atoms with van der Waals surface area (Å²) in [5.41, 5.74) is 7.31. The number of pyridine rings is 2. The van der Waals surface area contributed by atoms with Crippen LogP contribution in [-0.4, -0.2) is 20.6 Å². The molecule has 0 aliphatic carbocycles. The maximum Gasteiger partial charge on any atom is 0.261 e. The summed E-state index contributed by atoms with van der Waals surface area (Å²) in [6, 6.07) is 7.16. The highest BCUT2D eigenvalue weighted by Gasteiger charge is 2.10. The van der Waals surface area contributed by atoms with Crippen molar-refractivity contribution in [1.29, 1.82) is 0 Å². The van der Waals surface area contributed by atoms with E-state index in [1.165, 1.54) is 0 Å². The maximum absolute atomic E-state index is 12.3. The third kappa shape index (κ3) is 2.85. The molecule has 0 saturated carbocycles. The number of aryl methyl sites for hydroxylation is 2. The van der Waals surface area contributed by atoms with Crippen LogP contribution in [0.5, 0.6) is 0 Å². The van der Waals surface area contributed by atoms with Gasteiger partial charge in [0.05, 0.1) is 5.56 Å². The van der Waals surface area contributed by atoms with Crippen molar-refractivity contribution in [3.8, 4) is 0 Å². The summed E-state index contributed by atoms with van der Waals surface area (Å²) < 4.78 is 1.61. The van der Waals surface area contributed by atoms with Gasteiger partial charge >= 0.3 is 0 Å². The third-order valence-electron chi connectivity index (χ3n) is 3.12. The normalized spacial score (nSPS) is 11.6. The molecule has 0 fully saturated rings. The van der Waals surface area contributed by atoms with Crippen molar-refractivity contribution < 1.29 is 5.21 Å². The van der Waals surface area contributed by atoms with E-state index in [0.717, 1.165) is 11.3 Å². The van der Waals surface area contributed by atoms with Crippen molar-refractivity contribution in [2.75, 3.05) is 0 Å². The zero-order chi connectivity index (χ0) is 14.5. The molecule has 0 aliphatic heterocycles. The first kappa shape index (κ1) is 13.8. The molecule has 0 aliphatic rings. The molecule has 3 N–H and O–H groups in total. The molecule has 0 saturated heterocycles. The minimum atomic E-state index is -0.260. The van der Waals surface area contributed by atoms with Crippen LogP contribution < -0.4 is 11.3 Å². The Kier molecular flexibility index (Phi) is 4.14. The van der Waals surface area contributed by atoms with Gasteiger partial charge in [0.1, 0.15) is 0 Å². The van der Waals surface area contributed by atoms with E-state index in [1.54, 1.807) is 29.1 Å². The molecular formula is C14H16N4O2. The summed E-state index contributed by atoms with van der Waals surface area (Å²) in [4.78, 5) is 16.3. The van der Waals surface area contributed by atoms with E-state index in [0.29, 0.717) is 13.0 Å². The molecule has 20 heavy (non-hydrogen) atoms. The highest BCUT2D eigenvalue weighted by molar-refractivity contribution is 5.96. The average molecular weight is 272 g/mol. The number of nitrogens with two attached hydrogens (primary N) is 1. The van der Waals surface area contributed by atoms with Crippen LogP contribution in [0.25, 0.3) is 0 Å². The standard InChI is InChI=1S/C14H16N4O2/c1-10-4-5-12(13(15)17-20)14(19)18(10)8-6-11-3-2-7-16-9-11/h2-5,7,9,20H,6,8H2,1H3,(H2,15,17). The molecule has 0 spiro atoms. The second kappa shape index (κ2) is 6.01. The predicted molar refractivity (Wildman–Crippen MR) is 75.9 cm³/mol. The first-order valence-corrected chi connectivity index (χ1v) is 6.20.